The highest BCUT2D eigenvalue weighted by molar-refractivity contribution is 7.19. The lowest BCUT2D eigenvalue weighted by atomic mass is 10.1. The summed E-state index contributed by atoms with van der Waals surface area (Å²) in [6.07, 6.45) is 3.44. The van der Waals surface area contributed by atoms with Crippen LogP contribution in [-0.2, 0) is 4.74 Å². The van der Waals surface area contributed by atoms with Crippen molar-refractivity contribution in [2.24, 2.45) is 0 Å². The van der Waals surface area contributed by atoms with Crippen molar-refractivity contribution in [1.29, 1.82) is 0 Å². The third-order valence-corrected chi connectivity index (χ3v) is 4.11. The van der Waals surface area contributed by atoms with Gasteiger partial charge in [0.15, 0.2) is 0 Å². The first-order valence-electron chi connectivity index (χ1n) is 5.84. The van der Waals surface area contributed by atoms with Gasteiger partial charge in [0, 0.05) is 9.58 Å². The van der Waals surface area contributed by atoms with E-state index in [1.165, 1.54) is 10.1 Å². The van der Waals surface area contributed by atoms with Crippen LogP contribution in [0.4, 0.5) is 0 Å². The van der Waals surface area contributed by atoms with Gasteiger partial charge in [0.05, 0.1) is 6.61 Å². The molecule has 1 aliphatic rings. The molecule has 2 heterocycles. The minimum absolute atomic E-state index is 0.604. The van der Waals surface area contributed by atoms with Gasteiger partial charge >= 0.3 is 0 Å². The van der Waals surface area contributed by atoms with Crippen LogP contribution >= 0.6 is 11.3 Å². The van der Waals surface area contributed by atoms with Crippen molar-refractivity contribution >= 4 is 21.4 Å². The van der Waals surface area contributed by atoms with E-state index in [4.69, 9.17) is 4.74 Å². The fourth-order valence-corrected chi connectivity index (χ4v) is 3.10. The van der Waals surface area contributed by atoms with Crippen molar-refractivity contribution in [3.63, 3.8) is 0 Å². The molecule has 0 aliphatic carbocycles. The van der Waals surface area contributed by atoms with Crippen LogP contribution in [-0.4, -0.2) is 11.7 Å². The molecule has 1 aromatic carbocycles. The van der Waals surface area contributed by atoms with Gasteiger partial charge in [0.25, 0.3) is 0 Å². The van der Waals surface area contributed by atoms with Crippen LogP contribution in [0.3, 0.4) is 0 Å². The highest BCUT2D eigenvalue weighted by Crippen LogP contribution is 2.34. The maximum Gasteiger partial charge on any atom is 0.145 e. The topological polar surface area (TPSA) is 29.5 Å². The molecule has 0 bridgehead atoms. The average Bonchev–Trinajstić information content (AvgIpc) is 2.82. The van der Waals surface area contributed by atoms with Crippen LogP contribution in [0.5, 0.6) is 0 Å². The first-order valence-corrected chi connectivity index (χ1v) is 6.65. The molecule has 0 fully saturated rings. The Labute approximate surface area is 104 Å². The second-order valence-corrected chi connectivity index (χ2v) is 5.30. The minimum Gasteiger partial charge on any atom is -0.495 e. The van der Waals surface area contributed by atoms with Gasteiger partial charge in [0.1, 0.15) is 11.9 Å². The number of aliphatic hydroxyl groups is 1. The van der Waals surface area contributed by atoms with Crippen molar-refractivity contribution in [3.8, 4) is 0 Å². The lowest BCUT2D eigenvalue weighted by Crippen LogP contribution is -2.08. The molecule has 1 unspecified atom stereocenters. The number of hydrogen-bond acceptors (Lipinski definition) is 3. The molecule has 1 aliphatic heterocycles. The summed E-state index contributed by atoms with van der Waals surface area (Å²) in [7, 11) is 0. The van der Waals surface area contributed by atoms with Crippen molar-refractivity contribution in [2.45, 2.75) is 18.9 Å². The number of rotatable bonds is 2. The van der Waals surface area contributed by atoms with Crippen molar-refractivity contribution in [1.82, 2.24) is 0 Å². The summed E-state index contributed by atoms with van der Waals surface area (Å²) in [5.41, 5.74) is 0. The number of allylic oxidation sites excluding steroid dienone is 1. The minimum atomic E-state index is -0.604. The lowest BCUT2D eigenvalue weighted by molar-refractivity contribution is 0.0937. The molecule has 3 rings (SSSR count). The van der Waals surface area contributed by atoms with Crippen LogP contribution in [0.2, 0.25) is 0 Å². The molecule has 2 nitrogen and oxygen atoms in total. The first-order chi connectivity index (χ1) is 8.34. The quantitative estimate of drug-likeness (QED) is 0.876. The molecule has 0 amide bonds. The molecular weight excluding hydrogens is 232 g/mol. The zero-order valence-electron chi connectivity index (χ0n) is 9.43. The van der Waals surface area contributed by atoms with Crippen LogP contribution in [0.15, 0.2) is 42.2 Å². The van der Waals surface area contributed by atoms with Gasteiger partial charge in [-0.05, 0) is 36.4 Å². The molecular formula is C14H14O2S. The summed E-state index contributed by atoms with van der Waals surface area (Å²) < 4.78 is 6.71. The normalized spacial score (nSPS) is 17.6. The average molecular weight is 246 g/mol. The SMILES string of the molecule is OC(C1=CCCCO1)c1cc2ccccc2s1. The van der Waals surface area contributed by atoms with E-state index in [0.29, 0.717) is 12.4 Å². The van der Waals surface area contributed by atoms with E-state index in [-0.39, 0.29) is 0 Å². The van der Waals surface area contributed by atoms with Crippen LogP contribution in [0, 0.1) is 0 Å². The summed E-state index contributed by atoms with van der Waals surface area (Å²) >= 11 is 1.63. The number of aliphatic hydroxyl groups excluding tert-OH is 1. The molecule has 1 atom stereocenters. The Bertz CT molecular complexity index is 523. The van der Waals surface area contributed by atoms with E-state index < -0.39 is 6.10 Å². The number of ether oxygens (including phenoxy) is 1. The van der Waals surface area contributed by atoms with E-state index in [1.54, 1.807) is 11.3 Å². The standard InChI is InChI=1S/C14H14O2S/c15-14(11-6-3-4-8-16-11)13-9-10-5-1-2-7-12(10)17-13/h1-2,5-7,9,14-15H,3-4,8H2. The Morgan fingerprint density at radius 2 is 2.18 bits per heavy atom. The molecule has 0 saturated carbocycles. The monoisotopic (exact) mass is 246 g/mol. The van der Waals surface area contributed by atoms with Gasteiger partial charge in [-0.25, -0.2) is 0 Å². The van der Waals surface area contributed by atoms with Crippen LogP contribution in [0.1, 0.15) is 23.8 Å². The molecule has 0 spiro atoms. The van der Waals surface area contributed by atoms with Gasteiger partial charge in [-0.1, -0.05) is 18.2 Å². The third kappa shape index (κ3) is 2.08. The molecule has 1 aromatic heterocycles. The second-order valence-electron chi connectivity index (χ2n) is 4.19. The van der Waals surface area contributed by atoms with Gasteiger partial charge in [-0.3, -0.25) is 0 Å². The Morgan fingerprint density at radius 1 is 1.29 bits per heavy atom. The van der Waals surface area contributed by atoms with E-state index in [1.807, 2.05) is 24.3 Å². The molecule has 0 radical (unpaired) electrons. The largest absolute Gasteiger partial charge is 0.495 e. The van der Waals surface area contributed by atoms with Gasteiger partial charge < -0.3 is 9.84 Å². The lowest BCUT2D eigenvalue weighted by Gasteiger charge is -2.18. The van der Waals surface area contributed by atoms with Crippen molar-refractivity contribution in [3.05, 3.63) is 47.0 Å². The first kappa shape index (κ1) is 10.8. The molecule has 1 N–H and O–H groups in total. The predicted molar refractivity (Wildman–Crippen MR) is 70.1 cm³/mol. The number of hydrogen-bond donors (Lipinski definition) is 1. The Hall–Kier alpha value is -1.32. The van der Waals surface area contributed by atoms with Gasteiger partial charge in [-0.2, -0.15) is 0 Å². The van der Waals surface area contributed by atoms with E-state index >= 15 is 0 Å². The predicted octanol–water partition coefficient (Wildman–Crippen LogP) is 3.63. The summed E-state index contributed by atoms with van der Waals surface area (Å²) in [5.74, 6) is 0.711. The highest BCUT2D eigenvalue weighted by atomic mass is 32.1. The third-order valence-electron chi connectivity index (χ3n) is 2.95. The fourth-order valence-electron chi connectivity index (χ4n) is 2.04. The summed E-state index contributed by atoms with van der Waals surface area (Å²) in [6, 6.07) is 10.2. The second kappa shape index (κ2) is 4.51. The molecule has 88 valence electrons. The van der Waals surface area contributed by atoms with Crippen LogP contribution in [0.25, 0.3) is 10.1 Å². The summed E-state index contributed by atoms with van der Waals surface area (Å²) in [4.78, 5) is 0.958. The molecule has 3 heteroatoms. The Balaban J connectivity index is 1.94. The maximum atomic E-state index is 10.3. The summed E-state index contributed by atoms with van der Waals surface area (Å²) in [6.45, 7) is 0.716. The number of fused-ring (bicyclic) bond motifs is 1. The Kier molecular flexibility index (Phi) is 2.87. The maximum absolute atomic E-state index is 10.3. The van der Waals surface area contributed by atoms with Gasteiger partial charge in [0.2, 0.25) is 0 Å². The highest BCUT2D eigenvalue weighted by Gasteiger charge is 2.19. The van der Waals surface area contributed by atoms with E-state index in [9.17, 15) is 5.11 Å². The zero-order valence-corrected chi connectivity index (χ0v) is 10.2. The number of benzene rings is 1. The number of thiophene rings is 1. The smallest absolute Gasteiger partial charge is 0.145 e. The fraction of sp³-hybridized carbons (Fsp3) is 0.286. The molecule has 2 aromatic rings. The van der Waals surface area contributed by atoms with E-state index in [0.717, 1.165) is 17.7 Å². The summed E-state index contributed by atoms with van der Waals surface area (Å²) in [5, 5.41) is 11.4. The Morgan fingerprint density at radius 3 is 2.94 bits per heavy atom. The van der Waals surface area contributed by atoms with Gasteiger partial charge in [-0.15, -0.1) is 11.3 Å². The molecule has 17 heavy (non-hydrogen) atoms. The van der Waals surface area contributed by atoms with Crippen molar-refractivity contribution in [2.75, 3.05) is 6.61 Å². The van der Waals surface area contributed by atoms with E-state index in [2.05, 4.69) is 12.1 Å². The van der Waals surface area contributed by atoms with Crippen LogP contribution < -0.4 is 0 Å². The zero-order chi connectivity index (χ0) is 11.7. The van der Waals surface area contributed by atoms with Crippen molar-refractivity contribution < 1.29 is 9.84 Å². The molecule has 0 saturated heterocycles.